The molecule has 1 N–H and O–H groups in total. The summed E-state index contributed by atoms with van der Waals surface area (Å²) < 4.78 is 20.2. The fourth-order valence-corrected chi connectivity index (χ4v) is 3.18. The van der Waals surface area contributed by atoms with Crippen molar-refractivity contribution in [3.63, 3.8) is 0 Å². The van der Waals surface area contributed by atoms with Crippen LogP contribution < -0.4 is 4.72 Å². The van der Waals surface area contributed by atoms with Crippen molar-refractivity contribution in [2.75, 3.05) is 0 Å². The van der Waals surface area contributed by atoms with E-state index >= 15 is 0 Å². The highest BCUT2D eigenvalue weighted by Crippen LogP contribution is 2.26. The van der Waals surface area contributed by atoms with E-state index in [1.54, 1.807) is 6.07 Å². The van der Waals surface area contributed by atoms with Crippen molar-refractivity contribution in [3.8, 4) is 0 Å². The lowest BCUT2D eigenvalue weighted by Crippen LogP contribution is -2.34. The predicted molar refractivity (Wildman–Crippen MR) is 88.9 cm³/mol. The zero-order valence-electron chi connectivity index (χ0n) is 13.8. The quantitative estimate of drug-likeness (QED) is 0.853. The summed E-state index contributed by atoms with van der Waals surface area (Å²) >= 11 is 1.37. The summed E-state index contributed by atoms with van der Waals surface area (Å²) in [6.45, 7) is 13.2. The molecule has 6 heteroatoms. The number of hydrogen-bond donors (Lipinski definition) is 1. The molecule has 0 spiro atoms. The zero-order chi connectivity index (χ0) is 16.4. The van der Waals surface area contributed by atoms with Gasteiger partial charge in [0.1, 0.15) is 10.5 Å². The SMILES string of the molecule is CC(NS(=O)C(C)(C)C)c1ccc(C(=O)OC(C)(C)C)s1. The minimum atomic E-state index is -1.14. The molecule has 0 aliphatic heterocycles. The van der Waals surface area contributed by atoms with Crippen molar-refractivity contribution in [3.05, 3.63) is 21.9 Å². The molecule has 2 atom stereocenters. The van der Waals surface area contributed by atoms with E-state index in [0.717, 1.165) is 4.88 Å². The van der Waals surface area contributed by atoms with Gasteiger partial charge >= 0.3 is 5.97 Å². The maximum absolute atomic E-state index is 12.1. The van der Waals surface area contributed by atoms with Crippen LogP contribution in [0.2, 0.25) is 0 Å². The summed E-state index contributed by atoms with van der Waals surface area (Å²) in [6.07, 6.45) is 0. The predicted octanol–water partition coefficient (Wildman–Crippen LogP) is 3.82. The third-order valence-corrected chi connectivity index (χ3v) is 5.42. The van der Waals surface area contributed by atoms with Crippen LogP contribution in [0.5, 0.6) is 0 Å². The van der Waals surface area contributed by atoms with Crippen LogP contribution in [0.1, 0.15) is 69.1 Å². The van der Waals surface area contributed by atoms with E-state index in [0.29, 0.717) is 4.88 Å². The lowest BCUT2D eigenvalue weighted by molar-refractivity contribution is 0.00752. The summed E-state index contributed by atoms with van der Waals surface area (Å²) in [5, 5.41) is 0. The molecule has 0 aliphatic rings. The second-order valence-electron chi connectivity index (χ2n) is 6.92. The Morgan fingerprint density at radius 2 is 1.81 bits per heavy atom. The number of rotatable bonds is 4. The van der Waals surface area contributed by atoms with Gasteiger partial charge in [0, 0.05) is 4.88 Å². The van der Waals surface area contributed by atoms with Crippen molar-refractivity contribution in [2.45, 2.75) is 64.9 Å². The highest BCUT2D eigenvalue weighted by molar-refractivity contribution is 7.84. The van der Waals surface area contributed by atoms with Crippen molar-refractivity contribution >= 4 is 28.3 Å². The van der Waals surface area contributed by atoms with E-state index in [4.69, 9.17) is 4.74 Å². The van der Waals surface area contributed by atoms with Crippen molar-refractivity contribution in [1.29, 1.82) is 0 Å². The number of carbonyl (C=O) groups is 1. The van der Waals surface area contributed by atoms with E-state index < -0.39 is 16.6 Å². The Labute approximate surface area is 133 Å². The Bertz CT molecular complexity index is 524. The zero-order valence-corrected chi connectivity index (χ0v) is 15.4. The molecular formula is C15H25NO3S2. The number of nitrogens with one attached hydrogen (secondary N) is 1. The third-order valence-electron chi connectivity index (χ3n) is 2.49. The van der Waals surface area contributed by atoms with Crippen LogP contribution in [0.3, 0.4) is 0 Å². The summed E-state index contributed by atoms with van der Waals surface area (Å²) in [4.78, 5) is 13.5. The molecule has 1 aromatic rings. The van der Waals surface area contributed by atoms with Crippen molar-refractivity contribution in [2.24, 2.45) is 0 Å². The maximum atomic E-state index is 12.1. The van der Waals surface area contributed by atoms with Crippen LogP contribution in [0.4, 0.5) is 0 Å². The van der Waals surface area contributed by atoms with Gasteiger partial charge in [-0.1, -0.05) is 0 Å². The molecule has 0 aromatic carbocycles. The van der Waals surface area contributed by atoms with E-state index in [2.05, 4.69) is 4.72 Å². The lowest BCUT2D eigenvalue weighted by Gasteiger charge is -2.21. The Balaban J connectivity index is 2.75. The summed E-state index contributed by atoms with van der Waals surface area (Å²) in [6, 6.07) is 3.56. The van der Waals surface area contributed by atoms with Crippen LogP contribution in [0.15, 0.2) is 12.1 Å². The molecule has 0 saturated heterocycles. The average Bonchev–Trinajstić information content (AvgIpc) is 2.74. The summed E-state index contributed by atoms with van der Waals surface area (Å²) in [5.41, 5.74) is -0.501. The van der Waals surface area contributed by atoms with Crippen LogP contribution in [-0.2, 0) is 15.7 Å². The largest absolute Gasteiger partial charge is 0.456 e. The highest BCUT2D eigenvalue weighted by Gasteiger charge is 2.24. The third kappa shape index (κ3) is 5.88. The molecule has 120 valence electrons. The van der Waals surface area contributed by atoms with Gasteiger partial charge in [0.15, 0.2) is 0 Å². The average molecular weight is 332 g/mol. The standard InChI is InChI=1S/C15H25NO3S2/c1-10(16-21(18)15(5,6)7)11-8-9-12(20-11)13(17)19-14(2,3)4/h8-10,16H,1-7H3. The molecule has 0 aliphatic carbocycles. The van der Waals surface area contributed by atoms with Gasteiger partial charge < -0.3 is 4.74 Å². The molecule has 4 nitrogen and oxygen atoms in total. The molecule has 0 bridgehead atoms. The number of hydrogen-bond acceptors (Lipinski definition) is 4. The van der Waals surface area contributed by atoms with Crippen LogP contribution >= 0.6 is 11.3 Å². The Morgan fingerprint density at radius 3 is 2.29 bits per heavy atom. The number of ether oxygens (including phenoxy) is 1. The molecule has 1 rings (SSSR count). The van der Waals surface area contributed by atoms with Crippen molar-refractivity contribution in [1.82, 2.24) is 4.72 Å². The van der Waals surface area contributed by atoms with Gasteiger partial charge in [0.2, 0.25) is 0 Å². The smallest absolute Gasteiger partial charge is 0.348 e. The van der Waals surface area contributed by atoms with Crippen LogP contribution in [0.25, 0.3) is 0 Å². The molecule has 0 fully saturated rings. The van der Waals surface area contributed by atoms with Gasteiger partial charge in [0.25, 0.3) is 0 Å². The van der Waals surface area contributed by atoms with E-state index in [1.807, 2.05) is 54.5 Å². The van der Waals surface area contributed by atoms with Crippen LogP contribution in [-0.4, -0.2) is 20.5 Å². The number of esters is 1. The molecule has 0 amide bonds. The monoisotopic (exact) mass is 331 g/mol. The van der Waals surface area contributed by atoms with E-state index in [1.165, 1.54) is 11.3 Å². The van der Waals surface area contributed by atoms with Gasteiger partial charge in [-0.05, 0) is 60.6 Å². The minimum Gasteiger partial charge on any atom is -0.456 e. The number of carbonyl (C=O) groups excluding carboxylic acids is 1. The normalized spacial score (nSPS) is 15.6. The molecule has 2 unspecified atom stereocenters. The molecular weight excluding hydrogens is 306 g/mol. The molecule has 21 heavy (non-hydrogen) atoms. The van der Waals surface area contributed by atoms with Crippen molar-refractivity contribution < 1.29 is 13.7 Å². The molecule has 1 aromatic heterocycles. The lowest BCUT2D eigenvalue weighted by atomic mass is 10.2. The van der Waals surface area contributed by atoms with E-state index in [-0.39, 0.29) is 16.8 Å². The van der Waals surface area contributed by atoms with Gasteiger partial charge in [-0.2, -0.15) is 0 Å². The first-order valence-corrected chi connectivity index (χ1v) is 8.88. The van der Waals surface area contributed by atoms with Gasteiger partial charge in [0.05, 0.1) is 21.8 Å². The summed E-state index contributed by atoms with van der Waals surface area (Å²) in [7, 11) is -1.14. The Kier molecular flexibility index (Phi) is 5.75. The fourth-order valence-electron chi connectivity index (χ4n) is 1.42. The van der Waals surface area contributed by atoms with Crippen LogP contribution in [0, 0.1) is 0 Å². The fraction of sp³-hybridized carbons (Fsp3) is 0.667. The highest BCUT2D eigenvalue weighted by atomic mass is 32.2. The Morgan fingerprint density at radius 1 is 1.24 bits per heavy atom. The second kappa shape index (κ2) is 6.58. The Hall–Kier alpha value is -0.720. The van der Waals surface area contributed by atoms with Gasteiger partial charge in [-0.3, -0.25) is 0 Å². The summed E-state index contributed by atoms with van der Waals surface area (Å²) in [5.74, 6) is -0.317. The first-order chi connectivity index (χ1) is 9.40. The number of thiophene rings is 1. The first-order valence-electron chi connectivity index (χ1n) is 6.91. The van der Waals surface area contributed by atoms with E-state index in [9.17, 15) is 9.00 Å². The topological polar surface area (TPSA) is 55.4 Å². The molecule has 0 saturated carbocycles. The van der Waals surface area contributed by atoms with Gasteiger partial charge in [-0.25, -0.2) is 13.7 Å². The second-order valence-corrected chi connectivity index (χ2v) is 10.0. The minimum absolute atomic E-state index is 0.0776. The van der Waals surface area contributed by atoms with Gasteiger partial charge in [-0.15, -0.1) is 11.3 Å². The molecule has 0 radical (unpaired) electrons. The molecule has 1 heterocycles. The maximum Gasteiger partial charge on any atom is 0.348 e. The first kappa shape index (κ1) is 18.3.